The van der Waals surface area contributed by atoms with Crippen molar-refractivity contribution in [1.82, 2.24) is 4.98 Å². The van der Waals surface area contributed by atoms with Crippen molar-refractivity contribution in [2.75, 3.05) is 16.8 Å². The van der Waals surface area contributed by atoms with E-state index in [1.807, 2.05) is 80.7 Å². The minimum Gasteiger partial charge on any atom is -0.455 e. The molecule has 3 aromatic rings. The van der Waals surface area contributed by atoms with Gasteiger partial charge in [-0.1, -0.05) is 18.2 Å². The monoisotopic (exact) mass is 423 g/mol. The topological polar surface area (TPSA) is 71.5 Å². The molecule has 0 unspecified atom stereocenters. The van der Waals surface area contributed by atoms with Crippen LogP contribution in [0.1, 0.15) is 24.5 Å². The van der Waals surface area contributed by atoms with Gasteiger partial charge in [-0.3, -0.25) is 9.59 Å². The van der Waals surface area contributed by atoms with E-state index < -0.39 is 5.97 Å². The Hall–Kier alpha value is -3.19. The number of hydrogen-bond acceptors (Lipinski definition) is 6. The van der Waals surface area contributed by atoms with E-state index in [9.17, 15) is 9.59 Å². The second-order valence-electron chi connectivity index (χ2n) is 7.09. The summed E-state index contributed by atoms with van der Waals surface area (Å²) in [6.45, 7) is 5.43. The van der Waals surface area contributed by atoms with Gasteiger partial charge in [0.15, 0.2) is 6.61 Å². The van der Waals surface area contributed by atoms with Crippen molar-refractivity contribution in [2.45, 2.75) is 33.2 Å². The first-order valence-electron chi connectivity index (χ1n) is 9.73. The Labute approximate surface area is 180 Å². The highest BCUT2D eigenvalue weighted by atomic mass is 32.1. The van der Waals surface area contributed by atoms with Crippen LogP contribution in [0, 0.1) is 6.92 Å². The number of nitrogens with one attached hydrogen (secondary N) is 1. The van der Waals surface area contributed by atoms with Gasteiger partial charge in [-0.05, 0) is 57.2 Å². The van der Waals surface area contributed by atoms with E-state index in [1.165, 1.54) is 11.3 Å². The molecule has 0 saturated carbocycles. The summed E-state index contributed by atoms with van der Waals surface area (Å²) in [4.78, 5) is 30.7. The van der Waals surface area contributed by atoms with Gasteiger partial charge in [0.25, 0.3) is 5.91 Å². The largest absolute Gasteiger partial charge is 0.455 e. The van der Waals surface area contributed by atoms with E-state index in [0.717, 1.165) is 22.1 Å². The number of para-hydroxylation sites is 1. The van der Waals surface area contributed by atoms with Gasteiger partial charge in [-0.25, -0.2) is 4.98 Å². The summed E-state index contributed by atoms with van der Waals surface area (Å²) >= 11 is 1.48. The molecule has 1 aromatic heterocycles. The Morgan fingerprint density at radius 1 is 1.07 bits per heavy atom. The molecule has 0 radical (unpaired) electrons. The predicted molar refractivity (Wildman–Crippen MR) is 120 cm³/mol. The normalized spacial score (nSPS) is 10.7. The highest BCUT2D eigenvalue weighted by molar-refractivity contribution is 7.09. The molecule has 1 heterocycles. The highest BCUT2D eigenvalue weighted by Gasteiger charge is 2.21. The minimum absolute atomic E-state index is 0.0686. The number of amides is 1. The number of esters is 1. The average Bonchev–Trinajstić information content (AvgIpc) is 3.13. The van der Waals surface area contributed by atoms with Crippen molar-refractivity contribution < 1.29 is 14.3 Å². The number of benzene rings is 2. The number of hydrogen-bond donors (Lipinski definition) is 1. The maximum Gasteiger partial charge on any atom is 0.312 e. The smallest absolute Gasteiger partial charge is 0.312 e. The molecule has 0 atom stereocenters. The molecule has 6 nitrogen and oxygen atoms in total. The van der Waals surface area contributed by atoms with Gasteiger partial charge in [0.05, 0.1) is 17.1 Å². The Morgan fingerprint density at radius 2 is 1.73 bits per heavy atom. The van der Waals surface area contributed by atoms with Crippen LogP contribution >= 0.6 is 11.3 Å². The highest BCUT2D eigenvalue weighted by Crippen LogP contribution is 2.23. The van der Waals surface area contributed by atoms with E-state index in [1.54, 1.807) is 4.90 Å². The van der Waals surface area contributed by atoms with Gasteiger partial charge < -0.3 is 15.0 Å². The first-order chi connectivity index (χ1) is 14.4. The molecule has 0 bridgehead atoms. The summed E-state index contributed by atoms with van der Waals surface area (Å²) in [5.74, 6) is -0.726. The van der Waals surface area contributed by atoms with Crippen molar-refractivity contribution >= 4 is 40.3 Å². The molecule has 1 N–H and O–H groups in total. The van der Waals surface area contributed by atoms with Crippen LogP contribution in [0.2, 0.25) is 0 Å². The quantitative estimate of drug-likeness (QED) is 0.531. The lowest BCUT2D eigenvalue weighted by Crippen LogP contribution is -2.40. The van der Waals surface area contributed by atoms with Gasteiger partial charge in [-0.15, -0.1) is 11.3 Å². The van der Waals surface area contributed by atoms with Crippen LogP contribution in [0.3, 0.4) is 0 Å². The van der Waals surface area contributed by atoms with Crippen molar-refractivity contribution in [2.24, 2.45) is 0 Å². The molecule has 3 rings (SSSR count). The fourth-order valence-electron chi connectivity index (χ4n) is 3.02. The lowest BCUT2D eigenvalue weighted by molar-refractivity contribution is -0.147. The van der Waals surface area contributed by atoms with Gasteiger partial charge in [0.2, 0.25) is 0 Å². The van der Waals surface area contributed by atoms with Crippen molar-refractivity contribution in [3.63, 3.8) is 0 Å². The number of nitrogens with zero attached hydrogens (tertiary/aromatic N) is 2. The fourth-order valence-corrected chi connectivity index (χ4v) is 3.64. The zero-order valence-electron chi connectivity index (χ0n) is 17.3. The molecule has 30 heavy (non-hydrogen) atoms. The van der Waals surface area contributed by atoms with Crippen LogP contribution < -0.4 is 10.2 Å². The average molecular weight is 424 g/mol. The molecular formula is C23H25N3O3S. The van der Waals surface area contributed by atoms with E-state index in [-0.39, 0.29) is 25.0 Å². The number of carbonyl (C=O) groups is 2. The summed E-state index contributed by atoms with van der Waals surface area (Å²) in [6.07, 6.45) is 0.0686. The number of ether oxygens (including phenoxy) is 1. The van der Waals surface area contributed by atoms with Crippen LogP contribution in [-0.2, 0) is 20.7 Å². The summed E-state index contributed by atoms with van der Waals surface area (Å²) < 4.78 is 5.19. The van der Waals surface area contributed by atoms with Crippen LogP contribution in [0.15, 0.2) is 60.0 Å². The van der Waals surface area contributed by atoms with E-state index in [0.29, 0.717) is 5.69 Å². The number of carbonyl (C=O) groups excluding carboxylic acids is 2. The van der Waals surface area contributed by atoms with Gasteiger partial charge in [0.1, 0.15) is 0 Å². The standard InChI is InChI=1S/C23H25N3O3S/c1-16(2)26(22(27)14-29-23(28)13-20-15-30-17(3)24-20)21-11-9-19(10-12-21)25-18-7-5-4-6-8-18/h4-12,15-16,25H,13-14H2,1-3H3. The number of rotatable bonds is 8. The SMILES string of the molecule is Cc1nc(CC(=O)OCC(=O)N(c2ccc(Nc3ccccc3)cc2)C(C)C)cs1. The predicted octanol–water partition coefficient (Wildman–Crippen LogP) is 4.72. The first-order valence-corrected chi connectivity index (χ1v) is 10.6. The van der Waals surface area contributed by atoms with E-state index >= 15 is 0 Å². The summed E-state index contributed by atoms with van der Waals surface area (Å²) in [7, 11) is 0. The molecule has 7 heteroatoms. The third kappa shape index (κ3) is 5.90. The van der Waals surface area contributed by atoms with Crippen LogP contribution in [-0.4, -0.2) is 29.5 Å². The fraction of sp³-hybridized carbons (Fsp3) is 0.261. The first kappa shape index (κ1) is 21.5. The van der Waals surface area contributed by atoms with E-state index in [2.05, 4.69) is 10.3 Å². The Balaban J connectivity index is 1.60. The molecule has 0 fully saturated rings. The molecule has 0 aliphatic carbocycles. The van der Waals surface area contributed by atoms with Gasteiger partial charge in [0, 0.05) is 28.5 Å². The molecule has 0 aliphatic heterocycles. The summed E-state index contributed by atoms with van der Waals surface area (Å²) in [6, 6.07) is 17.4. The lowest BCUT2D eigenvalue weighted by Gasteiger charge is -2.27. The molecular weight excluding hydrogens is 398 g/mol. The van der Waals surface area contributed by atoms with Crippen molar-refractivity contribution in [1.29, 1.82) is 0 Å². The molecule has 0 aliphatic rings. The zero-order valence-corrected chi connectivity index (χ0v) is 18.1. The summed E-state index contributed by atoms with van der Waals surface area (Å²) in [5, 5.41) is 6.03. The van der Waals surface area contributed by atoms with Crippen LogP contribution in [0.5, 0.6) is 0 Å². The van der Waals surface area contributed by atoms with Crippen molar-refractivity contribution in [3.05, 3.63) is 70.7 Å². The summed E-state index contributed by atoms with van der Waals surface area (Å²) in [5.41, 5.74) is 3.33. The number of aryl methyl sites for hydroxylation is 1. The molecule has 156 valence electrons. The Morgan fingerprint density at radius 3 is 2.33 bits per heavy atom. The third-order valence-corrected chi connectivity index (χ3v) is 5.16. The molecule has 0 spiro atoms. The lowest BCUT2D eigenvalue weighted by atomic mass is 10.2. The molecule has 0 saturated heterocycles. The van der Waals surface area contributed by atoms with Crippen LogP contribution in [0.4, 0.5) is 17.1 Å². The Bertz CT molecular complexity index is 984. The minimum atomic E-state index is -0.459. The molecule has 1 amide bonds. The van der Waals surface area contributed by atoms with E-state index in [4.69, 9.17) is 4.74 Å². The van der Waals surface area contributed by atoms with Crippen molar-refractivity contribution in [3.8, 4) is 0 Å². The second-order valence-corrected chi connectivity index (χ2v) is 8.15. The maximum atomic E-state index is 12.7. The van der Waals surface area contributed by atoms with Gasteiger partial charge in [-0.2, -0.15) is 0 Å². The number of aromatic nitrogens is 1. The third-order valence-electron chi connectivity index (χ3n) is 4.34. The Kier molecular flexibility index (Phi) is 7.19. The van der Waals surface area contributed by atoms with Gasteiger partial charge >= 0.3 is 5.97 Å². The zero-order chi connectivity index (χ0) is 21.5. The maximum absolute atomic E-state index is 12.7. The molecule has 2 aromatic carbocycles. The second kappa shape index (κ2) is 10.0. The number of anilines is 3. The van der Waals surface area contributed by atoms with Crippen LogP contribution in [0.25, 0.3) is 0 Å². The number of thiazole rings is 1.